The van der Waals surface area contributed by atoms with Crippen molar-refractivity contribution in [1.29, 1.82) is 0 Å². The van der Waals surface area contributed by atoms with Crippen LogP contribution in [0.25, 0.3) is 11.6 Å². The van der Waals surface area contributed by atoms with Gasteiger partial charge in [-0.15, -0.1) is 0 Å². The van der Waals surface area contributed by atoms with E-state index in [-0.39, 0.29) is 5.91 Å². The number of fused-ring (bicyclic) bond motifs is 1. The van der Waals surface area contributed by atoms with Crippen molar-refractivity contribution in [3.8, 4) is 0 Å². The molecule has 1 amide bonds. The van der Waals surface area contributed by atoms with E-state index in [2.05, 4.69) is 39.1 Å². The van der Waals surface area contributed by atoms with Crippen molar-refractivity contribution < 1.29 is 4.79 Å². The number of hydrogen-bond donors (Lipinski definition) is 2. The molecule has 0 aliphatic carbocycles. The first-order valence-corrected chi connectivity index (χ1v) is 11.1. The molecule has 0 saturated carbocycles. The number of hydrogen-bond acceptors (Lipinski definition) is 5. The quantitative estimate of drug-likeness (QED) is 0.527. The summed E-state index contributed by atoms with van der Waals surface area (Å²) in [5.41, 5.74) is 4.36. The molecular formula is C25H30N6O. The molecule has 0 bridgehead atoms. The number of aromatic nitrogens is 3. The summed E-state index contributed by atoms with van der Waals surface area (Å²) in [6.07, 6.45) is 12.4. The summed E-state index contributed by atoms with van der Waals surface area (Å²) in [6, 6.07) is 8.50. The van der Waals surface area contributed by atoms with Crippen LogP contribution >= 0.6 is 0 Å². The lowest BCUT2D eigenvalue weighted by Gasteiger charge is -2.32. The second-order valence-corrected chi connectivity index (χ2v) is 8.26. The highest BCUT2D eigenvalue weighted by molar-refractivity contribution is 6.01. The lowest BCUT2D eigenvalue weighted by atomic mass is 10.0. The molecule has 1 aliphatic rings. The maximum absolute atomic E-state index is 12.5. The molecule has 3 aromatic rings. The van der Waals surface area contributed by atoms with Crippen LogP contribution in [0.15, 0.2) is 55.5 Å². The first-order valence-electron chi connectivity index (χ1n) is 11.1. The molecule has 7 heteroatoms. The summed E-state index contributed by atoms with van der Waals surface area (Å²) in [6.45, 7) is 9.93. The average Bonchev–Trinajstić information content (AvgIpc) is 3.11. The number of aryl methyl sites for hydroxylation is 1. The Morgan fingerprint density at radius 1 is 1.34 bits per heavy atom. The van der Waals surface area contributed by atoms with Crippen LogP contribution in [0.2, 0.25) is 0 Å². The predicted molar refractivity (Wildman–Crippen MR) is 130 cm³/mol. The summed E-state index contributed by atoms with van der Waals surface area (Å²) in [5.74, 6) is 0.531. The number of likely N-dealkylation sites (tertiary alicyclic amines) is 1. The largest absolute Gasteiger partial charge is 0.338 e. The topological polar surface area (TPSA) is 74.6 Å². The van der Waals surface area contributed by atoms with E-state index in [4.69, 9.17) is 0 Å². The maximum Gasteiger partial charge on any atom is 0.248 e. The Hall–Kier alpha value is -3.45. The van der Waals surface area contributed by atoms with Gasteiger partial charge in [-0.05, 0) is 50.9 Å². The third kappa shape index (κ3) is 4.89. The van der Waals surface area contributed by atoms with Crippen LogP contribution in [0.5, 0.6) is 0 Å². The molecule has 0 spiro atoms. The number of benzene rings is 1. The van der Waals surface area contributed by atoms with Gasteiger partial charge in [-0.3, -0.25) is 9.69 Å². The Labute approximate surface area is 188 Å². The molecule has 32 heavy (non-hydrogen) atoms. The number of amides is 1. The van der Waals surface area contributed by atoms with Crippen LogP contribution in [0.4, 0.5) is 17.2 Å². The number of rotatable bonds is 7. The Bertz CT molecular complexity index is 1150. The smallest absolute Gasteiger partial charge is 0.248 e. The highest BCUT2D eigenvalue weighted by Gasteiger charge is 2.17. The molecule has 1 unspecified atom stereocenters. The second kappa shape index (κ2) is 9.78. The van der Waals surface area contributed by atoms with Crippen LogP contribution in [-0.2, 0) is 4.79 Å². The summed E-state index contributed by atoms with van der Waals surface area (Å²) in [4.78, 5) is 19.4. The maximum atomic E-state index is 12.5. The van der Waals surface area contributed by atoms with Gasteiger partial charge < -0.3 is 10.6 Å². The van der Waals surface area contributed by atoms with E-state index in [9.17, 15) is 4.79 Å². The van der Waals surface area contributed by atoms with E-state index in [1.54, 1.807) is 16.7 Å². The third-order valence-corrected chi connectivity index (χ3v) is 6.02. The van der Waals surface area contributed by atoms with Gasteiger partial charge in [-0.1, -0.05) is 37.3 Å². The monoisotopic (exact) mass is 430 g/mol. The molecule has 1 aliphatic heterocycles. The summed E-state index contributed by atoms with van der Waals surface area (Å²) in [5, 5.41) is 10.6. The van der Waals surface area contributed by atoms with Crippen LogP contribution < -0.4 is 10.6 Å². The van der Waals surface area contributed by atoms with Gasteiger partial charge in [-0.2, -0.15) is 5.10 Å². The molecule has 1 fully saturated rings. The Kier molecular flexibility index (Phi) is 6.66. The molecule has 2 aromatic heterocycles. The molecule has 0 radical (unpaired) electrons. The van der Waals surface area contributed by atoms with Crippen molar-refractivity contribution in [3.05, 3.63) is 66.6 Å². The first kappa shape index (κ1) is 21.8. The zero-order chi connectivity index (χ0) is 22.5. The number of carbonyl (C=O) groups excluding carboxylic acids is 1. The predicted octanol–water partition coefficient (Wildman–Crippen LogP) is 4.79. The van der Waals surface area contributed by atoms with Gasteiger partial charge in [0.25, 0.3) is 0 Å². The van der Waals surface area contributed by atoms with Crippen LogP contribution in [0, 0.1) is 6.92 Å². The Balaban J connectivity index is 1.48. The zero-order valence-corrected chi connectivity index (χ0v) is 18.7. The lowest BCUT2D eigenvalue weighted by Crippen LogP contribution is -2.37. The van der Waals surface area contributed by atoms with Crippen molar-refractivity contribution in [2.75, 3.05) is 23.7 Å². The highest BCUT2D eigenvalue weighted by Crippen LogP contribution is 2.28. The summed E-state index contributed by atoms with van der Waals surface area (Å²) >= 11 is 0. The fraction of sp³-hybridized carbons (Fsp3) is 0.320. The molecule has 7 nitrogen and oxygen atoms in total. The molecule has 166 valence electrons. The van der Waals surface area contributed by atoms with Gasteiger partial charge in [0.1, 0.15) is 11.8 Å². The highest BCUT2D eigenvalue weighted by atomic mass is 16.1. The minimum Gasteiger partial charge on any atom is -0.338 e. The summed E-state index contributed by atoms with van der Waals surface area (Å²) < 4.78 is 1.73. The van der Waals surface area contributed by atoms with E-state index in [0.717, 1.165) is 41.1 Å². The van der Waals surface area contributed by atoms with Gasteiger partial charge in [0.15, 0.2) is 5.82 Å². The fourth-order valence-electron chi connectivity index (χ4n) is 4.16. The molecule has 4 rings (SSSR count). The van der Waals surface area contributed by atoms with E-state index in [1.807, 2.05) is 43.5 Å². The third-order valence-electron chi connectivity index (χ3n) is 6.02. The number of nitrogens with one attached hydrogen (secondary N) is 2. The van der Waals surface area contributed by atoms with Crippen LogP contribution in [0.1, 0.15) is 37.3 Å². The van der Waals surface area contributed by atoms with Gasteiger partial charge in [-0.25, -0.2) is 9.50 Å². The van der Waals surface area contributed by atoms with Crippen molar-refractivity contribution in [2.45, 2.75) is 39.2 Å². The first-order chi connectivity index (χ1) is 15.5. The normalized spacial score (nSPS) is 17.0. The molecule has 3 heterocycles. The number of nitrogens with zero attached hydrogens (tertiary/aromatic N) is 4. The Morgan fingerprint density at radius 3 is 3.03 bits per heavy atom. The second-order valence-electron chi connectivity index (χ2n) is 8.26. The van der Waals surface area contributed by atoms with E-state index in [0.29, 0.717) is 11.9 Å². The van der Waals surface area contributed by atoms with Crippen LogP contribution in [-0.4, -0.2) is 44.5 Å². The number of anilines is 3. The average molecular weight is 431 g/mol. The molecule has 1 saturated heterocycles. The molecular weight excluding hydrogens is 400 g/mol. The fourth-order valence-corrected chi connectivity index (χ4v) is 4.16. The van der Waals surface area contributed by atoms with E-state index in [1.165, 1.54) is 25.6 Å². The Morgan fingerprint density at radius 2 is 2.22 bits per heavy atom. The van der Waals surface area contributed by atoms with Gasteiger partial charge in [0.05, 0.1) is 11.9 Å². The molecule has 1 atom stereocenters. The molecule has 1 aromatic carbocycles. The van der Waals surface area contributed by atoms with Crippen molar-refractivity contribution >= 4 is 34.7 Å². The minimum atomic E-state index is -0.144. The van der Waals surface area contributed by atoms with E-state index >= 15 is 0 Å². The number of piperidine rings is 1. The van der Waals surface area contributed by atoms with Crippen molar-refractivity contribution in [3.63, 3.8) is 0 Å². The van der Waals surface area contributed by atoms with Crippen molar-refractivity contribution in [1.82, 2.24) is 19.5 Å². The van der Waals surface area contributed by atoms with Gasteiger partial charge in [0, 0.05) is 29.9 Å². The van der Waals surface area contributed by atoms with Crippen molar-refractivity contribution in [2.24, 2.45) is 0 Å². The van der Waals surface area contributed by atoms with Crippen LogP contribution in [0.3, 0.4) is 0 Å². The minimum absolute atomic E-state index is 0.144. The number of carbonyl (C=O) groups is 1. The standard InChI is InChI=1S/C25H30N6O/c1-4-20-10-7-11-21(15-20)28-25-24-19(3)22(16-31(24)27-17-26-25)29-23(32)12-8-14-30-13-6-5-9-18(30)2/h4,7-8,10-12,15-18H,1,5-6,9,13-14H2,2-3H3,(H,29,32)(H,26,27,28)/b12-8+. The summed E-state index contributed by atoms with van der Waals surface area (Å²) in [7, 11) is 0. The lowest BCUT2D eigenvalue weighted by molar-refractivity contribution is -0.111. The SMILES string of the molecule is C=Cc1cccc(Nc2ncnn3cc(NC(=O)/C=C/CN4CCCCC4C)c(C)c23)c1. The molecule has 2 N–H and O–H groups in total. The zero-order valence-electron chi connectivity index (χ0n) is 18.7. The van der Waals surface area contributed by atoms with E-state index < -0.39 is 0 Å². The van der Waals surface area contributed by atoms with Gasteiger partial charge >= 0.3 is 0 Å². The van der Waals surface area contributed by atoms with Gasteiger partial charge in [0.2, 0.25) is 5.91 Å².